The van der Waals surface area contributed by atoms with Crippen molar-refractivity contribution in [3.63, 3.8) is 0 Å². The van der Waals surface area contributed by atoms with Crippen molar-refractivity contribution >= 4 is 5.97 Å². The van der Waals surface area contributed by atoms with Gasteiger partial charge in [-0.3, -0.25) is 9.48 Å². The van der Waals surface area contributed by atoms with E-state index < -0.39 is 17.5 Å². The Morgan fingerprint density at radius 2 is 2.22 bits per heavy atom. The minimum atomic E-state index is -1.21. The zero-order chi connectivity index (χ0) is 19.3. The summed E-state index contributed by atoms with van der Waals surface area (Å²) in [6.45, 7) is 2.61. The Hall–Kier alpha value is -2.38. The number of aryl methyl sites for hydroxylation is 1. The molecule has 1 fully saturated rings. The van der Waals surface area contributed by atoms with Gasteiger partial charge in [-0.2, -0.15) is 5.10 Å². The Balaban J connectivity index is 1.70. The van der Waals surface area contributed by atoms with Crippen molar-refractivity contribution in [1.82, 2.24) is 14.7 Å². The van der Waals surface area contributed by atoms with E-state index in [0.29, 0.717) is 25.3 Å². The summed E-state index contributed by atoms with van der Waals surface area (Å²) in [6.07, 6.45) is 4.41. The number of nitrogens with zero attached hydrogens (tertiary/aromatic N) is 3. The van der Waals surface area contributed by atoms with Crippen molar-refractivity contribution in [2.45, 2.75) is 31.9 Å². The maximum Gasteiger partial charge on any atom is 0.313 e. The largest absolute Gasteiger partial charge is 0.497 e. The minimum Gasteiger partial charge on any atom is -0.497 e. The van der Waals surface area contributed by atoms with Gasteiger partial charge in [0.2, 0.25) is 0 Å². The van der Waals surface area contributed by atoms with Crippen LogP contribution in [0.3, 0.4) is 0 Å². The summed E-state index contributed by atoms with van der Waals surface area (Å²) in [5.41, 5.74) is -0.356. The molecule has 146 valence electrons. The summed E-state index contributed by atoms with van der Waals surface area (Å²) in [5, 5.41) is 24.8. The first kappa shape index (κ1) is 19.4. The number of carboxylic acid groups (broad SMARTS) is 1. The quantitative estimate of drug-likeness (QED) is 0.732. The first-order valence-corrected chi connectivity index (χ1v) is 9.28. The highest BCUT2D eigenvalue weighted by atomic mass is 16.5. The molecule has 2 atom stereocenters. The molecule has 2 aromatic rings. The van der Waals surface area contributed by atoms with Crippen LogP contribution in [0, 0.1) is 5.41 Å². The highest BCUT2D eigenvalue weighted by Crippen LogP contribution is 2.35. The molecular weight excluding hydrogens is 346 g/mol. The first-order chi connectivity index (χ1) is 13.0. The molecule has 0 aliphatic carbocycles. The Morgan fingerprint density at radius 3 is 2.93 bits per heavy atom. The fourth-order valence-electron chi connectivity index (χ4n) is 3.85. The number of benzene rings is 1. The van der Waals surface area contributed by atoms with E-state index in [9.17, 15) is 15.0 Å². The van der Waals surface area contributed by atoms with E-state index in [1.807, 2.05) is 41.2 Å². The predicted octanol–water partition coefficient (Wildman–Crippen LogP) is 1.66. The van der Waals surface area contributed by atoms with Crippen LogP contribution in [-0.4, -0.2) is 63.7 Å². The van der Waals surface area contributed by atoms with Crippen molar-refractivity contribution in [3.8, 4) is 5.75 Å². The smallest absolute Gasteiger partial charge is 0.313 e. The molecule has 0 bridgehead atoms. The van der Waals surface area contributed by atoms with Gasteiger partial charge >= 0.3 is 5.97 Å². The molecule has 7 heteroatoms. The van der Waals surface area contributed by atoms with Crippen LogP contribution in [0.5, 0.6) is 5.75 Å². The normalized spacial score (nSPS) is 23.3. The standard InChI is InChI=1S/C20H27N3O4/c1-27-17-6-2-5-16(13-17)14-20(19(25)26)15-22(12-7-18(20)24)9-4-11-23-10-3-8-21-23/h2-3,5-6,8,10,13,18,24H,4,7,9,11-12,14-15H2,1H3,(H,25,26)/t18-,20-/m1/s1. The van der Waals surface area contributed by atoms with Crippen LogP contribution in [0.1, 0.15) is 18.4 Å². The lowest BCUT2D eigenvalue weighted by Crippen LogP contribution is -2.57. The topological polar surface area (TPSA) is 87.8 Å². The van der Waals surface area contributed by atoms with Crippen molar-refractivity contribution in [2.75, 3.05) is 26.7 Å². The van der Waals surface area contributed by atoms with Crippen molar-refractivity contribution in [2.24, 2.45) is 5.41 Å². The molecule has 2 N–H and O–H groups in total. The number of ether oxygens (including phenoxy) is 1. The number of aliphatic hydroxyl groups excluding tert-OH is 1. The second-order valence-electron chi connectivity index (χ2n) is 7.19. The lowest BCUT2D eigenvalue weighted by molar-refractivity contribution is -0.163. The van der Waals surface area contributed by atoms with Crippen LogP contribution in [-0.2, 0) is 17.8 Å². The van der Waals surface area contributed by atoms with Crippen LogP contribution in [0.15, 0.2) is 42.7 Å². The molecular formula is C20H27N3O4. The lowest BCUT2D eigenvalue weighted by Gasteiger charge is -2.43. The Kier molecular flexibility index (Phi) is 6.13. The molecule has 2 heterocycles. The van der Waals surface area contributed by atoms with E-state index in [-0.39, 0.29) is 6.42 Å². The van der Waals surface area contributed by atoms with Crippen LogP contribution in [0.25, 0.3) is 0 Å². The predicted molar refractivity (Wildman–Crippen MR) is 101 cm³/mol. The number of rotatable bonds is 8. The van der Waals surface area contributed by atoms with Gasteiger partial charge in [-0.15, -0.1) is 0 Å². The first-order valence-electron chi connectivity index (χ1n) is 9.28. The molecule has 3 rings (SSSR count). The number of likely N-dealkylation sites (tertiary alicyclic amines) is 1. The molecule has 1 aromatic heterocycles. The van der Waals surface area contributed by atoms with Crippen molar-refractivity contribution < 1.29 is 19.7 Å². The Bertz CT molecular complexity index is 749. The van der Waals surface area contributed by atoms with Crippen LogP contribution in [0.2, 0.25) is 0 Å². The monoisotopic (exact) mass is 373 g/mol. The van der Waals surface area contributed by atoms with Crippen LogP contribution in [0.4, 0.5) is 0 Å². The van der Waals surface area contributed by atoms with Crippen molar-refractivity contribution in [1.29, 1.82) is 0 Å². The molecule has 1 saturated heterocycles. The fourth-order valence-corrected chi connectivity index (χ4v) is 3.85. The fraction of sp³-hybridized carbons (Fsp3) is 0.500. The second kappa shape index (κ2) is 8.54. The minimum absolute atomic E-state index is 0.274. The van der Waals surface area contributed by atoms with E-state index in [1.165, 1.54) is 0 Å². The van der Waals surface area contributed by atoms with Crippen molar-refractivity contribution in [3.05, 3.63) is 48.3 Å². The van der Waals surface area contributed by atoms with E-state index in [2.05, 4.69) is 10.00 Å². The number of aliphatic hydroxyl groups is 1. The molecule has 0 radical (unpaired) electrons. The average Bonchev–Trinajstić information content (AvgIpc) is 3.18. The lowest BCUT2D eigenvalue weighted by atomic mass is 9.72. The number of hydrogen-bond donors (Lipinski definition) is 2. The zero-order valence-corrected chi connectivity index (χ0v) is 15.6. The van der Waals surface area contributed by atoms with E-state index in [0.717, 1.165) is 25.1 Å². The molecule has 7 nitrogen and oxygen atoms in total. The van der Waals surface area contributed by atoms with Gasteiger partial charge in [0.15, 0.2) is 0 Å². The van der Waals surface area contributed by atoms with Gasteiger partial charge in [-0.05, 0) is 49.6 Å². The van der Waals surface area contributed by atoms with Crippen LogP contribution >= 0.6 is 0 Å². The number of carbonyl (C=O) groups is 1. The van der Waals surface area contributed by atoms with Crippen LogP contribution < -0.4 is 4.74 Å². The molecule has 1 aliphatic rings. The average molecular weight is 373 g/mol. The van der Waals surface area contributed by atoms with Gasteiger partial charge in [-0.1, -0.05) is 12.1 Å². The second-order valence-corrected chi connectivity index (χ2v) is 7.19. The van der Waals surface area contributed by atoms with Gasteiger partial charge in [-0.25, -0.2) is 0 Å². The van der Waals surface area contributed by atoms with Gasteiger partial charge in [0.1, 0.15) is 11.2 Å². The van der Waals surface area contributed by atoms with E-state index in [4.69, 9.17) is 4.74 Å². The number of aliphatic carboxylic acids is 1. The van der Waals surface area contributed by atoms with E-state index >= 15 is 0 Å². The zero-order valence-electron chi connectivity index (χ0n) is 15.6. The van der Waals surface area contributed by atoms with Gasteiger partial charge in [0.05, 0.1) is 13.2 Å². The Labute approximate surface area is 159 Å². The molecule has 0 amide bonds. The molecule has 27 heavy (non-hydrogen) atoms. The third-order valence-corrected chi connectivity index (χ3v) is 5.36. The SMILES string of the molecule is COc1cccc(C[C@@]2(C(=O)O)CN(CCCn3cccn3)CC[C@H]2O)c1. The summed E-state index contributed by atoms with van der Waals surface area (Å²) in [4.78, 5) is 14.4. The molecule has 1 aromatic carbocycles. The molecule has 0 unspecified atom stereocenters. The summed E-state index contributed by atoms with van der Waals surface area (Å²) in [7, 11) is 1.59. The summed E-state index contributed by atoms with van der Waals surface area (Å²) < 4.78 is 7.12. The maximum atomic E-state index is 12.2. The van der Waals surface area contributed by atoms with E-state index in [1.54, 1.807) is 13.3 Å². The summed E-state index contributed by atoms with van der Waals surface area (Å²) in [6, 6.07) is 9.29. The third-order valence-electron chi connectivity index (χ3n) is 5.36. The number of hydrogen-bond acceptors (Lipinski definition) is 5. The summed E-state index contributed by atoms with van der Waals surface area (Å²) >= 11 is 0. The number of aromatic nitrogens is 2. The molecule has 0 saturated carbocycles. The number of piperidine rings is 1. The third kappa shape index (κ3) is 4.48. The Morgan fingerprint density at radius 1 is 1.37 bits per heavy atom. The number of carboxylic acids is 1. The maximum absolute atomic E-state index is 12.2. The highest BCUT2D eigenvalue weighted by molar-refractivity contribution is 5.76. The number of methoxy groups -OCH3 is 1. The molecule has 0 spiro atoms. The summed E-state index contributed by atoms with van der Waals surface area (Å²) in [5.74, 6) is -0.260. The van der Waals surface area contributed by atoms with Gasteiger partial charge in [0.25, 0.3) is 0 Å². The van der Waals surface area contributed by atoms with Gasteiger partial charge in [0, 0.05) is 32.0 Å². The van der Waals surface area contributed by atoms with Gasteiger partial charge < -0.3 is 19.8 Å². The highest BCUT2D eigenvalue weighted by Gasteiger charge is 2.49. The molecule has 1 aliphatic heterocycles.